The molecule has 2 atom stereocenters. The van der Waals surface area contributed by atoms with Crippen molar-refractivity contribution in [3.05, 3.63) is 41.7 Å². The summed E-state index contributed by atoms with van der Waals surface area (Å²) in [5, 5.41) is 8.12. The molecule has 0 saturated carbocycles. The first-order chi connectivity index (χ1) is 11.2. The second kappa shape index (κ2) is 7.26. The van der Waals surface area contributed by atoms with Crippen LogP contribution in [-0.2, 0) is 13.6 Å². The SMILES string of the molecule is Cc1ccc(CN2CC3CCCC(C2)N3)c(-c2cnn(C)c2)c1.Cl. The van der Waals surface area contributed by atoms with Crippen LogP contribution >= 0.6 is 12.4 Å². The fourth-order valence-electron chi connectivity index (χ4n) is 4.12. The molecular weight excluding hydrogens is 320 g/mol. The van der Waals surface area contributed by atoms with Gasteiger partial charge in [0.25, 0.3) is 0 Å². The van der Waals surface area contributed by atoms with Gasteiger partial charge in [0.2, 0.25) is 0 Å². The number of likely N-dealkylation sites (tertiary alicyclic amines) is 1. The van der Waals surface area contributed by atoms with Gasteiger partial charge in [0, 0.05) is 50.5 Å². The summed E-state index contributed by atoms with van der Waals surface area (Å²) in [7, 11) is 1.98. The molecule has 2 bridgehead atoms. The molecule has 2 aliphatic rings. The molecule has 0 aliphatic carbocycles. The van der Waals surface area contributed by atoms with Crippen molar-refractivity contribution >= 4 is 12.4 Å². The molecule has 0 radical (unpaired) electrons. The van der Waals surface area contributed by atoms with Gasteiger partial charge in [-0.2, -0.15) is 5.10 Å². The third-order valence-electron chi connectivity index (χ3n) is 5.21. The highest BCUT2D eigenvalue weighted by molar-refractivity contribution is 5.85. The van der Waals surface area contributed by atoms with Gasteiger partial charge in [0.15, 0.2) is 0 Å². The highest BCUT2D eigenvalue weighted by Gasteiger charge is 2.29. The molecule has 5 heteroatoms. The van der Waals surface area contributed by atoms with E-state index in [9.17, 15) is 0 Å². The van der Waals surface area contributed by atoms with E-state index in [-0.39, 0.29) is 12.4 Å². The molecule has 2 saturated heterocycles. The van der Waals surface area contributed by atoms with Crippen molar-refractivity contribution < 1.29 is 0 Å². The van der Waals surface area contributed by atoms with Crippen LogP contribution in [0.2, 0.25) is 0 Å². The number of aryl methyl sites for hydroxylation is 2. The van der Waals surface area contributed by atoms with Crippen molar-refractivity contribution in [2.24, 2.45) is 7.05 Å². The first-order valence-electron chi connectivity index (χ1n) is 8.74. The normalized spacial score (nSPS) is 23.8. The van der Waals surface area contributed by atoms with Crippen LogP contribution in [0, 0.1) is 6.92 Å². The van der Waals surface area contributed by atoms with Gasteiger partial charge in [0.05, 0.1) is 6.20 Å². The topological polar surface area (TPSA) is 33.1 Å². The van der Waals surface area contributed by atoms with Gasteiger partial charge in [0.1, 0.15) is 0 Å². The number of hydrogen-bond donors (Lipinski definition) is 1. The average Bonchev–Trinajstić information content (AvgIpc) is 2.95. The second-order valence-electron chi connectivity index (χ2n) is 7.25. The summed E-state index contributed by atoms with van der Waals surface area (Å²) in [6, 6.07) is 8.22. The number of piperazine rings is 1. The Kier molecular flexibility index (Phi) is 5.28. The molecule has 4 rings (SSSR count). The van der Waals surface area contributed by atoms with Crippen LogP contribution in [0.3, 0.4) is 0 Å². The standard InChI is InChI=1S/C19H26N4.ClH/c1-14-6-7-15(19(8-14)16-9-20-22(2)10-16)11-23-12-17-4-3-5-18(13-23)21-17;/h6-10,17-18,21H,3-5,11-13H2,1-2H3;1H. The lowest BCUT2D eigenvalue weighted by Crippen LogP contribution is -2.58. The van der Waals surface area contributed by atoms with E-state index in [4.69, 9.17) is 0 Å². The summed E-state index contributed by atoms with van der Waals surface area (Å²) in [5.74, 6) is 0. The molecule has 1 aromatic carbocycles. The maximum absolute atomic E-state index is 4.35. The molecule has 2 fully saturated rings. The number of halogens is 1. The number of rotatable bonds is 3. The fourth-order valence-corrected chi connectivity index (χ4v) is 4.12. The number of benzene rings is 1. The summed E-state index contributed by atoms with van der Waals surface area (Å²) in [6.45, 7) is 5.56. The van der Waals surface area contributed by atoms with Gasteiger partial charge in [-0.25, -0.2) is 0 Å². The Bertz CT molecular complexity index is 684. The highest BCUT2D eigenvalue weighted by Crippen LogP contribution is 2.27. The van der Waals surface area contributed by atoms with Crippen molar-refractivity contribution in [1.82, 2.24) is 20.0 Å². The molecule has 130 valence electrons. The zero-order chi connectivity index (χ0) is 15.8. The average molecular weight is 347 g/mol. The van der Waals surface area contributed by atoms with Gasteiger partial charge in [-0.15, -0.1) is 12.4 Å². The Labute approximate surface area is 150 Å². The number of nitrogens with one attached hydrogen (secondary N) is 1. The van der Waals surface area contributed by atoms with E-state index in [1.54, 1.807) is 0 Å². The van der Waals surface area contributed by atoms with E-state index >= 15 is 0 Å². The van der Waals surface area contributed by atoms with Crippen LogP contribution in [0.4, 0.5) is 0 Å². The zero-order valence-corrected chi connectivity index (χ0v) is 15.4. The first kappa shape index (κ1) is 17.5. The maximum Gasteiger partial charge on any atom is 0.0568 e. The van der Waals surface area contributed by atoms with Crippen LogP contribution in [0.5, 0.6) is 0 Å². The lowest BCUT2D eigenvalue weighted by molar-refractivity contribution is 0.119. The minimum Gasteiger partial charge on any atom is -0.309 e. The van der Waals surface area contributed by atoms with E-state index in [0.717, 1.165) is 6.54 Å². The molecule has 24 heavy (non-hydrogen) atoms. The van der Waals surface area contributed by atoms with Gasteiger partial charge in [-0.1, -0.05) is 30.2 Å². The van der Waals surface area contributed by atoms with E-state index < -0.39 is 0 Å². The predicted octanol–water partition coefficient (Wildman–Crippen LogP) is 3.14. The largest absolute Gasteiger partial charge is 0.309 e. The molecular formula is C19H27ClN4. The second-order valence-corrected chi connectivity index (χ2v) is 7.25. The van der Waals surface area contributed by atoms with Crippen LogP contribution in [-0.4, -0.2) is 39.9 Å². The maximum atomic E-state index is 4.35. The Balaban J connectivity index is 0.00000169. The Morgan fingerprint density at radius 2 is 1.96 bits per heavy atom. The monoisotopic (exact) mass is 346 g/mol. The molecule has 2 aromatic rings. The molecule has 0 amide bonds. The number of piperidine rings is 1. The number of fused-ring (bicyclic) bond motifs is 2. The van der Waals surface area contributed by atoms with Crippen molar-refractivity contribution in [1.29, 1.82) is 0 Å². The van der Waals surface area contributed by atoms with E-state index in [1.807, 2.05) is 17.9 Å². The zero-order valence-electron chi connectivity index (χ0n) is 14.5. The Morgan fingerprint density at radius 1 is 1.21 bits per heavy atom. The van der Waals surface area contributed by atoms with Crippen LogP contribution in [0.1, 0.15) is 30.4 Å². The van der Waals surface area contributed by atoms with Gasteiger partial charge < -0.3 is 5.32 Å². The van der Waals surface area contributed by atoms with Crippen LogP contribution in [0.15, 0.2) is 30.6 Å². The van der Waals surface area contributed by atoms with E-state index in [1.165, 1.54) is 54.6 Å². The third-order valence-corrected chi connectivity index (χ3v) is 5.21. The van der Waals surface area contributed by atoms with E-state index in [0.29, 0.717) is 12.1 Å². The predicted molar refractivity (Wildman–Crippen MR) is 100 cm³/mol. The molecule has 2 unspecified atom stereocenters. The van der Waals surface area contributed by atoms with Crippen LogP contribution in [0.25, 0.3) is 11.1 Å². The van der Waals surface area contributed by atoms with Crippen molar-refractivity contribution in [3.8, 4) is 11.1 Å². The molecule has 4 nitrogen and oxygen atoms in total. The quantitative estimate of drug-likeness (QED) is 0.926. The summed E-state index contributed by atoms with van der Waals surface area (Å²) in [5.41, 5.74) is 5.29. The van der Waals surface area contributed by atoms with Gasteiger partial charge in [-0.05, 0) is 30.9 Å². The molecule has 1 N–H and O–H groups in total. The Morgan fingerprint density at radius 3 is 2.62 bits per heavy atom. The van der Waals surface area contributed by atoms with Gasteiger partial charge >= 0.3 is 0 Å². The summed E-state index contributed by atoms with van der Waals surface area (Å²) in [4.78, 5) is 2.63. The molecule has 0 spiro atoms. The number of nitrogens with zero attached hydrogens (tertiary/aromatic N) is 3. The number of aromatic nitrogens is 2. The summed E-state index contributed by atoms with van der Waals surface area (Å²) in [6.07, 6.45) is 8.14. The molecule has 3 heterocycles. The van der Waals surface area contributed by atoms with E-state index in [2.05, 4.69) is 46.6 Å². The van der Waals surface area contributed by atoms with Crippen molar-refractivity contribution in [3.63, 3.8) is 0 Å². The smallest absolute Gasteiger partial charge is 0.0568 e. The van der Waals surface area contributed by atoms with Crippen molar-refractivity contribution in [2.75, 3.05) is 13.1 Å². The highest BCUT2D eigenvalue weighted by atomic mass is 35.5. The first-order valence-corrected chi connectivity index (χ1v) is 8.74. The lowest BCUT2D eigenvalue weighted by Gasteiger charge is -2.42. The fraction of sp³-hybridized carbons (Fsp3) is 0.526. The molecule has 2 aliphatic heterocycles. The van der Waals surface area contributed by atoms with Crippen LogP contribution < -0.4 is 5.32 Å². The minimum atomic E-state index is 0. The number of hydrogen-bond acceptors (Lipinski definition) is 3. The van der Waals surface area contributed by atoms with Crippen molar-refractivity contribution in [2.45, 2.75) is 44.8 Å². The molecule has 1 aromatic heterocycles. The third kappa shape index (κ3) is 3.66. The Hall–Kier alpha value is -1.36. The minimum absolute atomic E-state index is 0. The lowest BCUT2D eigenvalue weighted by atomic mass is 9.93. The summed E-state index contributed by atoms with van der Waals surface area (Å²) >= 11 is 0. The van der Waals surface area contributed by atoms with Gasteiger partial charge in [-0.3, -0.25) is 9.58 Å². The summed E-state index contributed by atoms with van der Waals surface area (Å²) < 4.78 is 1.89.